The number of carbonyl (C=O) groups is 1. The summed E-state index contributed by atoms with van der Waals surface area (Å²) in [6, 6.07) is 4.87. The van der Waals surface area contributed by atoms with Gasteiger partial charge in [0.15, 0.2) is 0 Å². The zero-order valence-electron chi connectivity index (χ0n) is 15.8. The lowest BCUT2D eigenvalue weighted by molar-refractivity contribution is -0.120. The molecule has 0 bridgehead atoms. The summed E-state index contributed by atoms with van der Waals surface area (Å²) in [6.45, 7) is 3.25. The predicted molar refractivity (Wildman–Crippen MR) is 105 cm³/mol. The summed E-state index contributed by atoms with van der Waals surface area (Å²) in [4.78, 5) is 12.6. The van der Waals surface area contributed by atoms with Gasteiger partial charge in [-0.15, -0.1) is 0 Å². The summed E-state index contributed by atoms with van der Waals surface area (Å²) in [5, 5.41) is 2.89. The SMILES string of the molecule is CCOc1ccc(NC(=O)[C@H]2CC=CCC2)cc1S(=O)(=O)N1CCCCC1. The normalized spacial score (nSPS) is 21.0. The molecule has 2 aliphatic rings. The molecule has 7 heteroatoms. The van der Waals surface area contributed by atoms with Gasteiger partial charge in [0.2, 0.25) is 15.9 Å². The van der Waals surface area contributed by atoms with Crippen molar-refractivity contribution < 1.29 is 17.9 Å². The highest BCUT2D eigenvalue weighted by molar-refractivity contribution is 7.89. The Hall–Kier alpha value is -1.86. The van der Waals surface area contributed by atoms with Gasteiger partial charge in [-0.2, -0.15) is 4.31 Å². The molecule has 0 radical (unpaired) electrons. The van der Waals surface area contributed by atoms with Crippen LogP contribution in [-0.4, -0.2) is 38.3 Å². The minimum absolute atomic E-state index is 0.0650. The molecule has 1 saturated heterocycles. The van der Waals surface area contributed by atoms with Gasteiger partial charge in [0.05, 0.1) is 6.61 Å². The summed E-state index contributed by atoms with van der Waals surface area (Å²) in [5.41, 5.74) is 0.494. The van der Waals surface area contributed by atoms with Crippen molar-refractivity contribution in [2.75, 3.05) is 25.0 Å². The van der Waals surface area contributed by atoms with Crippen molar-refractivity contribution in [3.8, 4) is 5.75 Å². The fourth-order valence-corrected chi connectivity index (χ4v) is 5.26. The number of nitrogens with zero attached hydrogens (tertiary/aromatic N) is 1. The number of hydrogen-bond acceptors (Lipinski definition) is 4. The van der Waals surface area contributed by atoms with Crippen molar-refractivity contribution in [1.29, 1.82) is 0 Å². The summed E-state index contributed by atoms with van der Waals surface area (Å²) in [7, 11) is -3.65. The Morgan fingerprint density at radius 1 is 1.22 bits per heavy atom. The zero-order valence-corrected chi connectivity index (χ0v) is 16.6. The van der Waals surface area contributed by atoms with E-state index in [4.69, 9.17) is 4.74 Å². The molecule has 3 rings (SSSR count). The molecule has 1 amide bonds. The van der Waals surface area contributed by atoms with Crippen LogP contribution in [-0.2, 0) is 14.8 Å². The van der Waals surface area contributed by atoms with Crippen molar-refractivity contribution in [3.63, 3.8) is 0 Å². The van der Waals surface area contributed by atoms with Crippen LogP contribution in [0, 0.1) is 5.92 Å². The van der Waals surface area contributed by atoms with Crippen molar-refractivity contribution in [2.24, 2.45) is 5.92 Å². The Morgan fingerprint density at radius 2 is 2.00 bits per heavy atom. The smallest absolute Gasteiger partial charge is 0.246 e. The predicted octanol–water partition coefficient (Wildman–Crippen LogP) is 3.55. The van der Waals surface area contributed by atoms with Crippen LogP contribution in [0.4, 0.5) is 5.69 Å². The number of carbonyl (C=O) groups excluding carboxylic acids is 1. The fourth-order valence-electron chi connectivity index (χ4n) is 3.58. The first-order chi connectivity index (χ1) is 13.0. The number of sulfonamides is 1. The molecular weight excluding hydrogens is 364 g/mol. The molecule has 0 saturated carbocycles. The van der Waals surface area contributed by atoms with E-state index in [1.54, 1.807) is 12.1 Å². The number of ether oxygens (including phenoxy) is 1. The summed E-state index contributed by atoms with van der Waals surface area (Å²) in [6.07, 6.45) is 9.35. The Bertz CT molecular complexity index is 798. The van der Waals surface area contributed by atoms with Gasteiger partial charge in [-0.05, 0) is 57.2 Å². The standard InChI is InChI=1S/C20H28N2O4S/c1-2-26-18-12-11-17(21-20(23)16-9-5-3-6-10-16)15-19(18)27(24,25)22-13-7-4-8-14-22/h3,5,11-12,15-16H,2,4,6-10,13-14H2,1H3,(H,21,23)/t16-/m0/s1. The number of hydrogen-bond donors (Lipinski definition) is 1. The number of allylic oxidation sites excluding steroid dienone is 2. The van der Waals surface area contributed by atoms with Gasteiger partial charge in [0, 0.05) is 24.7 Å². The first kappa shape index (κ1) is 19.9. The van der Waals surface area contributed by atoms with E-state index in [0.29, 0.717) is 31.1 Å². The number of benzene rings is 1. The van der Waals surface area contributed by atoms with Crippen LogP contribution < -0.4 is 10.1 Å². The first-order valence-corrected chi connectivity index (χ1v) is 11.2. The van der Waals surface area contributed by atoms with Crippen molar-refractivity contribution in [3.05, 3.63) is 30.4 Å². The molecular formula is C20H28N2O4S. The van der Waals surface area contributed by atoms with E-state index in [1.807, 2.05) is 13.0 Å². The fraction of sp³-hybridized carbons (Fsp3) is 0.550. The summed E-state index contributed by atoms with van der Waals surface area (Å²) >= 11 is 0. The van der Waals surface area contributed by atoms with Crippen LogP contribution in [0.2, 0.25) is 0 Å². The van der Waals surface area contributed by atoms with Crippen LogP contribution in [0.1, 0.15) is 45.4 Å². The molecule has 1 atom stereocenters. The molecule has 1 heterocycles. The topological polar surface area (TPSA) is 75.7 Å². The molecule has 1 aliphatic heterocycles. The molecule has 1 aromatic carbocycles. The maximum atomic E-state index is 13.1. The molecule has 0 aromatic heterocycles. The second kappa shape index (κ2) is 8.89. The lowest BCUT2D eigenvalue weighted by Crippen LogP contribution is -2.35. The lowest BCUT2D eigenvalue weighted by atomic mass is 9.93. The van der Waals surface area contributed by atoms with Crippen LogP contribution in [0.15, 0.2) is 35.2 Å². The van der Waals surface area contributed by atoms with Crippen molar-refractivity contribution >= 4 is 21.6 Å². The highest BCUT2D eigenvalue weighted by Crippen LogP contribution is 2.32. The third-order valence-corrected chi connectivity index (χ3v) is 7.00. The summed E-state index contributed by atoms with van der Waals surface area (Å²) in [5.74, 6) is 0.204. The third kappa shape index (κ3) is 4.71. The van der Waals surface area contributed by atoms with Crippen LogP contribution in [0.5, 0.6) is 5.75 Å². The lowest BCUT2D eigenvalue weighted by Gasteiger charge is -2.27. The molecule has 148 valence electrons. The van der Waals surface area contributed by atoms with Crippen molar-refractivity contribution in [2.45, 2.75) is 50.3 Å². The zero-order chi connectivity index (χ0) is 19.3. The van der Waals surface area contributed by atoms with Crippen LogP contribution in [0.25, 0.3) is 0 Å². The van der Waals surface area contributed by atoms with Gasteiger partial charge in [0.25, 0.3) is 0 Å². The molecule has 1 aromatic rings. The highest BCUT2D eigenvalue weighted by Gasteiger charge is 2.29. The molecule has 0 unspecified atom stereocenters. The number of nitrogens with one attached hydrogen (secondary N) is 1. The largest absolute Gasteiger partial charge is 0.492 e. The maximum absolute atomic E-state index is 13.1. The van der Waals surface area contributed by atoms with Crippen LogP contribution >= 0.6 is 0 Å². The van der Waals surface area contributed by atoms with E-state index in [0.717, 1.165) is 38.5 Å². The van der Waals surface area contributed by atoms with Gasteiger partial charge in [0.1, 0.15) is 10.6 Å². The van der Waals surface area contributed by atoms with E-state index in [2.05, 4.69) is 11.4 Å². The second-order valence-electron chi connectivity index (χ2n) is 7.03. The molecule has 27 heavy (non-hydrogen) atoms. The number of piperidine rings is 1. The average Bonchev–Trinajstić information content (AvgIpc) is 2.70. The molecule has 1 fully saturated rings. The maximum Gasteiger partial charge on any atom is 0.246 e. The number of amides is 1. The van der Waals surface area contributed by atoms with Gasteiger partial charge >= 0.3 is 0 Å². The van der Waals surface area contributed by atoms with Gasteiger partial charge in [-0.1, -0.05) is 18.6 Å². The van der Waals surface area contributed by atoms with E-state index in [-0.39, 0.29) is 16.7 Å². The van der Waals surface area contributed by atoms with E-state index in [9.17, 15) is 13.2 Å². The minimum Gasteiger partial charge on any atom is -0.492 e. The van der Waals surface area contributed by atoms with Gasteiger partial charge in [-0.25, -0.2) is 8.42 Å². The minimum atomic E-state index is -3.65. The number of anilines is 1. The van der Waals surface area contributed by atoms with Crippen molar-refractivity contribution in [1.82, 2.24) is 4.31 Å². The second-order valence-corrected chi connectivity index (χ2v) is 8.94. The quantitative estimate of drug-likeness (QED) is 0.751. The Kier molecular flexibility index (Phi) is 6.55. The van der Waals surface area contributed by atoms with E-state index in [1.165, 1.54) is 10.4 Å². The van der Waals surface area contributed by atoms with Gasteiger partial charge in [-0.3, -0.25) is 4.79 Å². The van der Waals surface area contributed by atoms with Crippen LogP contribution in [0.3, 0.4) is 0 Å². The Balaban J connectivity index is 1.86. The molecule has 6 nitrogen and oxygen atoms in total. The average molecular weight is 393 g/mol. The molecule has 0 spiro atoms. The molecule has 1 aliphatic carbocycles. The third-order valence-electron chi connectivity index (χ3n) is 5.08. The number of rotatable bonds is 6. The first-order valence-electron chi connectivity index (χ1n) is 9.75. The Labute approximate surface area is 161 Å². The Morgan fingerprint density at radius 3 is 2.67 bits per heavy atom. The summed E-state index contributed by atoms with van der Waals surface area (Å²) < 4.78 is 33.4. The monoisotopic (exact) mass is 392 g/mol. The van der Waals surface area contributed by atoms with E-state index >= 15 is 0 Å². The van der Waals surface area contributed by atoms with E-state index < -0.39 is 10.0 Å². The highest BCUT2D eigenvalue weighted by atomic mass is 32.2. The van der Waals surface area contributed by atoms with Gasteiger partial charge < -0.3 is 10.1 Å². The molecule has 1 N–H and O–H groups in total.